The highest BCUT2D eigenvalue weighted by atomic mass is 14.2. The summed E-state index contributed by atoms with van der Waals surface area (Å²) >= 11 is 0. The van der Waals surface area contributed by atoms with Gasteiger partial charge in [0.1, 0.15) is 0 Å². The summed E-state index contributed by atoms with van der Waals surface area (Å²) in [5.74, 6) is 3.17. The van der Waals surface area contributed by atoms with Gasteiger partial charge in [0, 0.05) is 0 Å². The van der Waals surface area contributed by atoms with E-state index < -0.39 is 0 Å². The zero-order valence-electron chi connectivity index (χ0n) is 32.7. The lowest BCUT2D eigenvalue weighted by Gasteiger charge is -2.22. The van der Waals surface area contributed by atoms with E-state index in [4.69, 9.17) is 0 Å². The Morgan fingerprint density at radius 1 is 0.610 bits per heavy atom. The van der Waals surface area contributed by atoms with E-state index in [-0.39, 0.29) is 0 Å². The predicted molar refractivity (Wildman–Crippen MR) is 201 cm³/mol. The van der Waals surface area contributed by atoms with Gasteiger partial charge in [-0.2, -0.15) is 0 Å². The molecule has 0 heteroatoms. The van der Waals surface area contributed by atoms with Gasteiger partial charge in [0.15, 0.2) is 0 Å². The summed E-state index contributed by atoms with van der Waals surface area (Å²) in [6.45, 7) is 41.9. The Kier molecular flexibility index (Phi) is 58.9. The van der Waals surface area contributed by atoms with Gasteiger partial charge in [-0.15, -0.1) is 0 Å². The predicted octanol–water partition coefficient (Wildman–Crippen LogP) is 16.1. The van der Waals surface area contributed by atoms with Crippen LogP contribution in [0.1, 0.15) is 202 Å². The van der Waals surface area contributed by atoms with Gasteiger partial charge in [-0.1, -0.05) is 194 Å². The monoisotopic (exact) mass is 579 g/mol. The molecule has 41 heavy (non-hydrogen) atoms. The van der Waals surface area contributed by atoms with Gasteiger partial charge >= 0.3 is 0 Å². The normalized spacial score (nSPS) is 17.5. The van der Waals surface area contributed by atoms with Gasteiger partial charge < -0.3 is 0 Å². The quantitative estimate of drug-likeness (QED) is 0.208. The van der Waals surface area contributed by atoms with Crippen LogP contribution in [0.5, 0.6) is 0 Å². The molecule has 2 fully saturated rings. The Morgan fingerprint density at radius 2 is 1.00 bits per heavy atom. The first-order valence-electron chi connectivity index (χ1n) is 18.1. The molecule has 0 radical (unpaired) electrons. The molecule has 2 saturated carbocycles. The first-order valence-corrected chi connectivity index (χ1v) is 18.1. The Hall–Kier alpha value is -1.04. The number of rotatable bonds is 7. The number of hydrogen-bond donors (Lipinski definition) is 0. The summed E-state index contributed by atoms with van der Waals surface area (Å²) in [7, 11) is 0. The van der Waals surface area contributed by atoms with Crippen molar-refractivity contribution in [3.63, 3.8) is 0 Å². The van der Waals surface area contributed by atoms with Crippen LogP contribution < -0.4 is 0 Å². The summed E-state index contributed by atoms with van der Waals surface area (Å²) in [4.78, 5) is 0. The SMILES string of the molecule is C=C(C)/C(C)=C/C.CC.CC.CC.CC1CCC(C)CC1.CC=C(CCC)C/C(C)=C\C.CCC1CC1.CCCC. The third kappa shape index (κ3) is 52.1. The van der Waals surface area contributed by atoms with Crippen molar-refractivity contribution in [3.05, 3.63) is 47.1 Å². The molecule has 0 bridgehead atoms. The molecule has 250 valence electrons. The molecule has 0 unspecified atom stereocenters. The molecule has 0 aliphatic heterocycles. The molecule has 0 spiro atoms. The topological polar surface area (TPSA) is 0 Å². The minimum atomic E-state index is 1.02. The van der Waals surface area contributed by atoms with Crippen molar-refractivity contribution in [1.82, 2.24) is 0 Å². The molecule has 0 aromatic heterocycles. The molecule has 0 amide bonds. The van der Waals surface area contributed by atoms with Crippen molar-refractivity contribution in [2.24, 2.45) is 17.8 Å². The van der Waals surface area contributed by atoms with Gasteiger partial charge in [-0.3, -0.25) is 0 Å². The van der Waals surface area contributed by atoms with E-state index in [9.17, 15) is 0 Å². The number of hydrogen-bond acceptors (Lipinski definition) is 0. The lowest BCUT2D eigenvalue weighted by atomic mass is 9.84. The number of unbranched alkanes of at least 4 members (excludes halogenated alkanes) is 1. The second-order valence-corrected chi connectivity index (χ2v) is 11.0. The molecule has 0 nitrogen and oxygen atoms in total. The maximum Gasteiger partial charge on any atom is -0.0111 e. The van der Waals surface area contributed by atoms with Crippen LogP contribution in [0, 0.1) is 17.8 Å². The first-order chi connectivity index (χ1) is 19.6. The van der Waals surface area contributed by atoms with E-state index in [1.54, 1.807) is 5.57 Å². The van der Waals surface area contributed by atoms with E-state index in [0.29, 0.717) is 0 Å². The van der Waals surface area contributed by atoms with Gasteiger partial charge in [0.25, 0.3) is 0 Å². The smallest absolute Gasteiger partial charge is 0.0111 e. The third-order valence-corrected chi connectivity index (χ3v) is 7.16. The van der Waals surface area contributed by atoms with Crippen molar-refractivity contribution in [1.29, 1.82) is 0 Å². The average Bonchev–Trinajstić information content (AvgIpc) is 3.87. The van der Waals surface area contributed by atoms with Crippen molar-refractivity contribution in [3.8, 4) is 0 Å². The standard InChI is InChI=1S/C11H20.C8H16.C7H12.C5H10.C4H10.3C2H6/c1-5-8-11(7-3)9-10(4)6-2;1-7-3-5-8(2)6-4-7;1-5-7(4)6(2)3;1-2-5-3-4-5;1-3-4-2;3*1-2/h6-7H,5,8-9H2,1-4H3;7-8H,3-6H2,1-2H3;5H,2H2,1,3-4H3;5H,2-4H2,1H3;3-4H2,1-2H3;3*1-2H3/b10-6-,11-7?;;7-5+;;;;;. The molecule has 0 heterocycles. The van der Waals surface area contributed by atoms with Gasteiger partial charge in [-0.05, 0) is 72.1 Å². The van der Waals surface area contributed by atoms with Crippen LogP contribution in [-0.2, 0) is 0 Å². The van der Waals surface area contributed by atoms with Crippen LogP contribution in [0.2, 0.25) is 0 Å². The van der Waals surface area contributed by atoms with Crippen LogP contribution in [-0.4, -0.2) is 0 Å². The molecule has 0 aromatic rings. The molecule has 0 saturated heterocycles. The zero-order chi connectivity index (χ0) is 33.6. The van der Waals surface area contributed by atoms with Gasteiger partial charge in [0.05, 0.1) is 0 Å². The lowest BCUT2D eigenvalue weighted by Crippen LogP contribution is -2.08. The highest BCUT2D eigenvalue weighted by molar-refractivity contribution is 5.22. The largest absolute Gasteiger partial charge is 0.0959 e. The van der Waals surface area contributed by atoms with Gasteiger partial charge in [0.2, 0.25) is 0 Å². The van der Waals surface area contributed by atoms with E-state index >= 15 is 0 Å². The summed E-state index contributed by atoms with van der Waals surface area (Å²) in [6, 6.07) is 0. The van der Waals surface area contributed by atoms with Crippen molar-refractivity contribution in [2.75, 3.05) is 0 Å². The van der Waals surface area contributed by atoms with Crippen molar-refractivity contribution >= 4 is 0 Å². The summed E-state index contributed by atoms with van der Waals surface area (Å²) in [5, 5.41) is 0. The highest BCUT2D eigenvalue weighted by Gasteiger charge is 2.17. The summed E-state index contributed by atoms with van der Waals surface area (Å²) < 4.78 is 0. The maximum atomic E-state index is 3.76. The fourth-order valence-corrected chi connectivity index (χ4v) is 3.32. The molecular weight excluding hydrogens is 492 g/mol. The molecule has 2 rings (SSSR count). The number of allylic oxidation sites excluding steroid dienone is 7. The Labute approximate surface area is 266 Å². The Morgan fingerprint density at radius 3 is 1.15 bits per heavy atom. The zero-order valence-corrected chi connectivity index (χ0v) is 32.7. The van der Waals surface area contributed by atoms with Crippen LogP contribution in [0.15, 0.2) is 47.1 Å². The fraction of sp³-hybridized carbons (Fsp3) is 0.805. The van der Waals surface area contributed by atoms with E-state index in [1.807, 2.05) is 55.4 Å². The van der Waals surface area contributed by atoms with E-state index in [2.05, 4.69) is 94.0 Å². The minimum absolute atomic E-state index is 1.02. The van der Waals surface area contributed by atoms with Crippen LogP contribution in [0.4, 0.5) is 0 Å². The third-order valence-electron chi connectivity index (χ3n) is 7.16. The molecule has 2 aliphatic carbocycles. The Bertz CT molecular complexity index is 533. The van der Waals surface area contributed by atoms with Crippen molar-refractivity contribution < 1.29 is 0 Å². The minimum Gasteiger partial charge on any atom is -0.0959 e. The van der Waals surface area contributed by atoms with E-state index in [0.717, 1.165) is 23.3 Å². The van der Waals surface area contributed by atoms with Crippen LogP contribution in [0.3, 0.4) is 0 Å². The highest BCUT2D eigenvalue weighted by Crippen LogP contribution is 2.31. The second-order valence-electron chi connectivity index (χ2n) is 11.0. The average molecular weight is 579 g/mol. The first kappa shape index (κ1) is 52.6. The van der Waals surface area contributed by atoms with Crippen LogP contribution >= 0.6 is 0 Å². The Balaban J connectivity index is -0.0000000918. The maximum absolute atomic E-state index is 3.76. The lowest BCUT2D eigenvalue weighted by molar-refractivity contribution is 0.308. The van der Waals surface area contributed by atoms with Crippen molar-refractivity contribution in [2.45, 2.75) is 202 Å². The fourth-order valence-electron chi connectivity index (χ4n) is 3.32. The van der Waals surface area contributed by atoms with E-state index in [1.165, 1.54) is 88.2 Å². The molecular formula is C41H86. The summed E-state index contributed by atoms with van der Waals surface area (Å²) in [5.41, 5.74) is 5.48. The molecule has 2 aliphatic rings. The van der Waals surface area contributed by atoms with Gasteiger partial charge in [-0.25, -0.2) is 0 Å². The molecule has 0 atom stereocenters. The second kappa shape index (κ2) is 45.9. The summed E-state index contributed by atoms with van der Waals surface area (Å²) in [6.07, 6.45) is 23.1. The molecule has 0 aromatic carbocycles. The van der Waals surface area contributed by atoms with Crippen LogP contribution in [0.25, 0.3) is 0 Å². The molecule has 0 N–H and O–H groups in total.